The van der Waals surface area contributed by atoms with E-state index in [0.717, 1.165) is 12.0 Å². The standard InChI is InChI=1S/C25H27ClN4O4/c1-30(2)24-18(14-22(31)32)23(26)28-21(29-24)13-15-7-10-17(11-8-15)27-25(33)20-12-9-16-5-3-4-6-19(16)34-20/h3-8,10-11,16,19-20H,9,12-14H2,1-2H3,(H,27,33)(H,31,32)/t16?,19?,20-/m0/s1. The number of aliphatic carboxylic acids is 1. The minimum Gasteiger partial charge on any atom is -0.481 e. The second-order valence-electron chi connectivity index (χ2n) is 8.66. The fourth-order valence-electron chi connectivity index (χ4n) is 4.19. The number of fused-ring (bicyclic) bond motifs is 1. The zero-order valence-electron chi connectivity index (χ0n) is 19.1. The average molecular weight is 483 g/mol. The van der Waals surface area contributed by atoms with Crippen molar-refractivity contribution in [3.05, 3.63) is 70.7 Å². The lowest BCUT2D eigenvalue weighted by atomic mass is 9.88. The number of nitrogens with zero attached hydrogens (tertiary/aromatic N) is 3. The molecule has 1 fully saturated rings. The third-order valence-corrected chi connectivity index (χ3v) is 6.20. The number of ether oxygens (including phenoxy) is 1. The van der Waals surface area contributed by atoms with Crippen LogP contribution < -0.4 is 10.2 Å². The maximum Gasteiger partial charge on any atom is 0.308 e. The topological polar surface area (TPSA) is 105 Å². The van der Waals surface area contributed by atoms with Gasteiger partial charge in [-0.05, 0) is 30.5 Å². The van der Waals surface area contributed by atoms with Gasteiger partial charge < -0.3 is 20.1 Å². The number of nitrogens with one attached hydrogen (secondary N) is 1. The van der Waals surface area contributed by atoms with Crippen LogP contribution in [0.5, 0.6) is 0 Å². The molecule has 3 atom stereocenters. The number of hydrogen-bond donors (Lipinski definition) is 2. The van der Waals surface area contributed by atoms with Crippen LogP contribution >= 0.6 is 11.6 Å². The normalized spacial score (nSPS) is 21.1. The van der Waals surface area contributed by atoms with Gasteiger partial charge >= 0.3 is 5.97 Å². The van der Waals surface area contributed by atoms with E-state index in [1.807, 2.05) is 42.5 Å². The van der Waals surface area contributed by atoms with Crippen LogP contribution in [-0.4, -0.2) is 53.3 Å². The number of halogens is 1. The molecule has 1 aliphatic carbocycles. The van der Waals surface area contributed by atoms with Gasteiger partial charge in [0.05, 0.1) is 12.5 Å². The number of allylic oxidation sites excluding steroid dienone is 2. The Hall–Kier alpha value is -3.23. The Morgan fingerprint density at radius 1 is 1.15 bits per heavy atom. The van der Waals surface area contributed by atoms with Gasteiger partial charge in [-0.2, -0.15) is 0 Å². The van der Waals surface area contributed by atoms with Crippen molar-refractivity contribution in [1.29, 1.82) is 0 Å². The highest BCUT2D eigenvalue weighted by atomic mass is 35.5. The molecule has 2 unspecified atom stereocenters. The van der Waals surface area contributed by atoms with Crippen LogP contribution in [-0.2, 0) is 27.2 Å². The van der Waals surface area contributed by atoms with Crippen molar-refractivity contribution < 1.29 is 19.4 Å². The van der Waals surface area contributed by atoms with Crippen LogP contribution in [0.3, 0.4) is 0 Å². The van der Waals surface area contributed by atoms with Crippen LogP contribution in [0, 0.1) is 5.92 Å². The Labute approximate surface area is 203 Å². The molecule has 2 aromatic rings. The largest absolute Gasteiger partial charge is 0.481 e. The Balaban J connectivity index is 1.40. The minimum atomic E-state index is -0.996. The monoisotopic (exact) mass is 482 g/mol. The Morgan fingerprint density at radius 3 is 2.59 bits per heavy atom. The van der Waals surface area contributed by atoms with Crippen LogP contribution in [0.1, 0.15) is 29.8 Å². The number of amides is 1. The van der Waals surface area contributed by atoms with Crippen molar-refractivity contribution in [3.8, 4) is 0 Å². The van der Waals surface area contributed by atoms with Gasteiger partial charge in [-0.25, -0.2) is 9.97 Å². The molecule has 1 aromatic heterocycles. The van der Waals surface area contributed by atoms with Gasteiger partial charge in [0.2, 0.25) is 0 Å². The predicted octanol–water partition coefficient (Wildman–Crippen LogP) is 3.64. The van der Waals surface area contributed by atoms with Gasteiger partial charge in [0.1, 0.15) is 22.9 Å². The van der Waals surface area contributed by atoms with Crippen molar-refractivity contribution in [2.45, 2.75) is 37.9 Å². The lowest BCUT2D eigenvalue weighted by molar-refractivity contribution is -0.136. The molecule has 1 amide bonds. The van der Waals surface area contributed by atoms with E-state index in [1.54, 1.807) is 19.0 Å². The summed E-state index contributed by atoms with van der Waals surface area (Å²) in [4.78, 5) is 34.4. The van der Waals surface area contributed by atoms with Gasteiger partial charge in [0, 0.05) is 37.7 Å². The molecule has 0 bridgehead atoms. The van der Waals surface area contributed by atoms with E-state index in [4.69, 9.17) is 21.4 Å². The first-order valence-electron chi connectivity index (χ1n) is 11.1. The highest BCUT2D eigenvalue weighted by Crippen LogP contribution is 2.30. The van der Waals surface area contributed by atoms with E-state index in [2.05, 4.69) is 21.4 Å². The molecular formula is C25H27ClN4O4. The molecule has 2 N–H and O–H groups in total. The number of aromatic nitrogens is 2. The molecule has 2 aliphatic rings. The van der Waals surface area contributed by atoms with Crippen molar-refractivity contribution in [1.82, 2.24) is 9.97 Å². The first kappa shape index (κ1) is 23.9. The van der Waals surface area contributed by atoms with E-state index in [1.165, 1.54) is 0 Å². The Morgan fingerprint density at radius 2 is 1.88 bits per heavy atom. The summed E-state index contributed by atoms with van der Waals surface area (Å²) in [7, 11) is 3.56. The SMILES string of the molecule is CN(C)c1nc(Cc2ccc(NC(=O)[C@@H]3CCC4C=CC=CC4O3)cc2)nc(Cl)c1CC(=O)O. The third kappa shape index (κ3) is 5.63. The van der Waals surface area contributed by atoms with E-state index < -0.39 is 12.1 Å². The molecule has 0 saturated carbocycles. The summed E-state index contributed by atoms with van der Waals surface area (Å²) in [6, 6.07) is 7.43. The van der Waals surface area contributed by atoms with E-state index in [-0.39, 0.29) is 23.6 Å². The number of carbonyl (C=O) groups excluding carboxylic acids is 1. The summed E-state index contributed by atoms with van der Waals surface area (Å²) in [6.45, 7) is 0. The fraction of sp³-hybridized carbons (Fsp3) is 0.360. The van der Waals surface area contributed by atoms with Crippen molar-refractivity contribution in [2.24, 2.45) is 5.92 Å². The number of hydrogen-bond acceptors (Lipinski definition) is 6. The van der Waals surface area contributed by atoms with Crippen LogP contribution in [0.25, 0.3) is 0 Å². The maximum atomic E-state index is 12.7. The lowest BCUT2D eigenvalue weighted by Gasteiger charge is -2.34. The molecule has 1 saturated heterocycles. The highest BCUT2D eigenvalue weighted by molar-refractivity contribution is 6.30. The Bertz CT molecular complexity index is 1130. The van der Waals surface area contributed by atoms with E-state index >= 15 is 0 Å². The summed E-state index contributed by atoms with van der Waals surface area (Å²) in [5.41, 5.74) is 2.00. The molecule has 9 heteroatoms. The average Bonchev–Trinajstić information content (AvgIpc) is 2.81. The molecule has 1 aliphatic heterocycles. The van der Waals surface area contributed by atoms with Crippen molar-refractivity contribution in [2.75, 3.05) is 24.3 Å². The molecule has 34 heavy (non-hydrogen) atoms. The summed E-state index contributed by atoms with van der Waals surface area (Å²) >= 11 is 6.28. The number of rotatable bonds is 7. The number of benzene rings is 1. The van der Waals surface area contributed by atoms with Gasteiger partial charge in [-0.15, -0.1) is 0 Å². The number of carboxylic acid groups (broad SMARTS) is 1. The maximum absolute atomic E-state index is 12.7. The second-order valence-corrected chi connectivity index (χ2v) is 9.02. The summed E-state index contributed by atoms with van der Waals surface area (Å²) < 4.78 is 5.98. The molecule has 4 rings (SSSR count). The second kappa shape index (κ2) is 10.4. The fourth-order valence-corrected chi connectivity index (χ4v) is 4.43. The molecule has 2 heterocycles. The van der Waals surface area contributed by atoms with Gasteiger partial charge in [-0.3, -0.25) is 9.59 Å². The van der Waals surface area contributed by atoms with Crippen molar-refractivity contribution in [3.63, 3.8) is 0 Å². The zero-order chi connectivity index (χ0) is 24.2. The van der Waals surface area contributed by atoms with Gasteiger partial charge in [-0.1, -0.05) is 48.0 Å². The molecular weight excluding hydrogens is 456 g/mol. The van der Waals surface area contributed by atoms with E-state index in [9.17, 15) is 9.59 Å². The lowest BCUT2D eigenvalue weighted by Crippen LogP contribution is -2.40. The molecule has 8 nitrogen and oxygen atoms in total. The summed E-state index contributed by atoms with van der Waals surface area (Å²) in [5.74, 6) is 0.173. The molecule has 178 valence electrons. The first-order chi connectivity index (χ1) is 16.3. The van der Waals surface area contributed by atoms with Crippen LogP contribution in [0.2, 0.25) is 5.15 Å². The summed E-state index contributed by atoms with van der Waals surface area (Å²) in [6.07, 6.45) is 9.38. The number of carboxylic acids is 1. The number of carbonyl (C=O) groups is 2. The molecule has 0 radical (unpaired) electrons. The van der Waals surface area contributed by atoms with Crippen LogP contribution in [0.15, 0.2) is 48.6 Å². The van der Waals surface area contributed by atoms with E-state index in [0.29, 0.717) is 41.7 Å². The first-order valence-corrected chi connectivity index (χ1v) is 11.5. The van der Waals surface area contributed by atoms with Gasteiger partial charge in [0.25, 0.3) is 5.91 Å². The van der Waals surface area contributed by atoms with Gasteiger partial charge in [0.15, 0.2) is 0 Å². The third-order valence-electron chi connectivity index (χ3n) is 5.88. The zero-order valence-corrected chi connectivity index (χ0v) is 19.8. The Kier molecular flexibility index (Phi) is 7.29. The highest BCUT2D eigenvalue weighted by Gasteiger charge is 2.32. The number of anilines is 2. The van der Waals surface area contributed by atoms with Crippen molar-refractivity contribution >= 4 is 35.0 Å². The minimum absolute atomic E-state index is 0.0438. The predicted molar refractivity (Wildman–Crippen MR) is 130 cm³/mol. The molecule has 0 spiro atoms. The summed E-state index contributed by atoms with van der Waals surface area (Å²) in [5, 5.41) is 12.2. The molecule has 1 aromatic carbocycles. The quantitative estimate of drug-likeness (QED) is 0.580. The smallest absolute Gasteiger partial charge is 0.308 e. The van der Waals surface area contributed by atoms with Crippen LogP contribution in [0.4, 0.5) is 11.5 Å².